The summed E-state index contributed by atoms with van der Waals surface area (Å²) in [5.74, 6) is 0. The van der Waals surface area contributed by atoms with E-state index < -0.39 is 6.43 Å². The molecule has 1 aliphatic heterocycles. The third-order valence-electron chi connectivity index (χ3n) is 2.46. The van der Waals surface area contributed by atoms with Gasteiger partial charge in [-0.25, -0.2) is 8.78 Å². The molecule has 1 rings (SSSR count). The van der Waals surface area contributed by atoms with Gasteiger partial charge in [0.05, 0.1) is 12.5 Å². The third kappa shape index (κ3) is 3.27. The van der Waals surface area contributed by atoms with E-state index in [2.05, 4.69) is 6.07 Å². The van der Waals surface area contributed by atoms with Crippen LogP contribution < -0.4 is 0 Å². The Balaban J connectivity index is 2.27. The number of rotatable bonds is 4. The first-order chi connectivity index (χ1) is 6.24. The van der Waals surface area contributed by atoms with Gasteiger partial charge in [0.25, 0.3) is 0 Å². The Morgan fingerprint density at radius 3 is 2.92 bits per heavy atom. The van der Waals surface area contributed by atoms with Crippen LogP contribution in [0.15, 0.2) is 0 Å². The monoisotopic (exact) mass is 188 g/mol. The van der Waals surface area contributed by atoms with Crippen molar-refractivity contribution in [2.45, 2.75) is 38.2 Å². The molecular weight excluding hydrogens is 174 g/mol. The van der Waals surface area contributed by atoms with Gasteiger partial charge in [-0.2, -0.15) is 5.26 Å². The highest BCUT2D eigenvalue weighted by Gasteiger charge is 2.24. The molecule has 0 amide bonds. The molecule has 13 heavy (non-hydrogen) atoms. The molecule has 0 spiro atoms. The first-order valence-electron chi connectivity index (χ1n) is 4.63. The Morgan fingerprint density at radius 1 is 1.54 bits per heavy atom. The Hall–Kier alpha value is -0.690. The van der Waals surface area contributed by atoms with Gasteiger partial charge in [-0.1, -0.05) is 0 Å². The molecule has 1 fully saturated rings. The summed E-state index contributed by atoms with van der Waals surface area (Å²) in [6.07, 6.45) is 0.209. The standard InChI is InChI=1S/C9H14F2N2/c10-9(11)4-7-13-6-1-2-8(13)3-5-12/h8-9H,1-4,6-7H2. The number of alkyl halides is 2. The minimum atomic E-state index is -2.22. The highest BCUT2D eigenvalue weighted by Crippen LogP contribution is 2.20. The number of nitrogens with zero attached hydrogens (tertiary/aromatic N) is 2. The van der Waals surface area contributed by atoms with Gasteiger partial charge in [-0.3, -0.25) is 4.90 Å². The molecule has 2 nitrogen and oxygen atoms in total. The van der Waals surface area contributed by atoms with Crippen molar-refractivity contribution in [1.29, 1.82) is 5.26 Å². The van der Waals surface area contributed by atoms with Crippen LogP contribution in [-0.2, 0) is 0 Å². The molecule has 0 radical (unpaired) electrons. The maximum Gasteiger partial charge on any atom is 0.239 e. The number of likely N-dealkylation sites (tertiary alicyclic amines) is 1. The average molecular weight is 188 g/mol. The molecule has 0 saturated carbocycles. The van der Waals surface area contributed by atoms with Crippen molar-refractivity contribution < 1.29 is 8.78 Å². The molecule has 0 aromatic rings. The minimum absolute atomic E-state index is 0.0675. The first kappa shape index (κ1) is 10.4. The highest BCUT2D eigenvalue weighted by molar-refractivity contribution is 4.87. The van der Waals surface area contributed by atoms with Crippen LogP contribution >= 0.6 is 0 Å². The fraction of sp³-hybridized carbons (Fsp3) is 0.889. The fourth-order valence-electron chi connectivity index (χ4n) is 1.79. The maximum absolute atomic E-state index is 11.9. The van der Waals surface area contributed by atoms with E-state index in [1.54, 1.807) is 0 Å². The zero-order valence-corrected chi connectivity index (χ0v) is 7.55. The second-order valence-corrected chi connectivity index (χ2v) is 3.37. The smallest absolute Gasteiger partial charge is 0.239 e. The van der Waals surface area contributed by atoms with Crippen molar-refractivity contribution in [1.82, 2.24) is 4.90 Å². The van der Waals surface area contributed by atoms with Crippen molar-refractivity contribution in [2.24, 2.45) is 0 Å². The molecule has 0 aromatic carbocycles. The predicted octanol–water partition coefficient (Wildman–Crippen LogP) is 2.02. The second-order valence-electron chi connectivity index (χ2n) is 3.37. The van der Waals surface area contributed by atoms with Gasteiger partial charge < -0.3 is 0 Å². The van der Waals surface area contributed by atoms with Crippen LogP contribution in [0.1, 0.15) is 25.7 Å². The third-order valence-corrected chi connectivity index (χ3v) is 2.46. The van der Waals surface area contributed by atoms with Gasteiger partial charge in [-0.05, 0) is 19.4 Å². The van der Waals surface area contributed by atoms with Gasteiger partial charge >= 0.3 is 0 Å². The molecule has 0 aromatic heterocycles. The van der Waals surface area contributed by atoms with E-state index >= 15 is 0 Å². The number of halogens is 2. The molecule has 0 bridgehead atoms. The lowest BCUT2D eigenvalue weighted by atomic mass is 10.1. The van der Waals surface area contributed by atoms with Crippen LogP contribution in [0.2, 0.25) is 0 Å². The summed E-state index contributed by atoms with van der Waals surface area (Å²) in [6, 6.07) is 2.32. The van der Waals surface area contributed by atoms with E-state index in [1.165, 1.54) is 0 Å². The van der Waals surface area contributed by atoms with Crippen molar-refractivity contribution >= 4 is 0 Å². The average Bonchev–Trinajstić information content (AvgIpc) is 2.49. The zero-order valence-electron chi connectivity index (χ0n) is 7.55. The molecule has 1 saturated heterocycles. The van der Waals surface area contributed by atoms with Crippen LogP contribution in [0.25, 0.3) is 0 Å². The molecule has 1 aliphatic rings. The lowest BCUT2D eigenvalue weighted by Gasteiger charge is -2.21. The van der Waals surface area contributed by atoms with E-state index in [1.807, 2.05) is 4.90 Å². The highest BCUT2D eigenvalue weighted by atomic mass is 19.3. The summed E-state index contributed by atoms with van der Waals surface area (Å²) in [5, 5.41) is 8.50. The van der Waals surface area contributed by atoms with E-state index in [9.17, 15) is 8.78 Å². The zero-order chi connectivity index (χ0) is 9.68. The summed E-state index contributed by atoms with van der Waals surface area (Å²) >= 11 is 0. The minimum Gasteiger partial charge on any atom is -0.299 e. The van der Waals surface area contributed by atoms with Crippen LogP contribution in [0, 0.1) is 11.3 Å². The molecule has 1 heterocycles. The Kier molecular flexibility index (Phi) is 4.10. The normalized spacial score (nSPS) is 23.7. The number of nitriles is 1. The largest absolute Gasteiger partial charge is 0.299 e. The quantitative estimate of drug-likeness (QED) is 0.674. The Bertz CT molecular complexity index is 189. The SMILES string of the molecule is N#CCC1CCCN1CCC(F)F. The van der Waals surface area contributed by atoms with Gasteiger partial charge in [0, 0.05) is 19.0 Å². The fourth-order valence-corrected chi connectivity index (χ4v) is 1.79. The van der Waals surface area contributed by atoms with Crippen molar-refractivity contribution in [3.05, 3.63) is 0 Å². The summed E-state index contributed by atoms with van der Waals surface area (Å²) in [5.41, 5.74) is 0. The van der Waals surface area contributed by atoms with Crippen LogP contribution in [0.4, 0.5) is 8.78 Å². The Morgan fingerprint density at radius 2 is 2.31 bits per heavy atom. The number of hydrogen-bond donors (Lipinski definition) is 0. The predicted molar refractivity (Wildman–Crippen MR) is 45.4 cm³/mol. The Labute approximate surface area is 77.1 Å². The summed E-state index contributed by atoms with van der Waals surface area (Å²) in [4.78, 5) is 2.01. The van der Waals surface area contributed by atoms with Gasteiger partial charge in [-0.15, -0.1) is 0 Å². The molecule has 4 heteroatoms. The van der Waals surface area contributed by atoms with Gasteiger partial charge in [0.2, 0.25) is 6.43 Å². The molecule has 1 atom stereocenters. The van der Waals surface area contributed by atoms with Crippen molar-refractivity contribution in [3.8, 4) is 6.07 Å². The topological polar surface area (TPSA) is 27.0 Å². The van der Waals surface area contributed by atoms with E-state index in [0.29, 0.717) is 13.0 Å². The van der Waals surface area contributed by atoms with Crippen LogP contribution in [-0.4, -0.2) is 30.5 Å². The van der Waals surface area contributed by atoms with Crippen LogP contribution in [0.5, 0.6) is 0 Å². The lowest BCUT2D eigenvalue weighted by molar-refractivity contribution is 0.113. The van der Waals surface area contributed by atoms with E-state index in [0.717, 1.165) is 19.4 Å². The lowest BCUT2D eigenvalue weighted by Crippen LogP contribution is -2.30. The maximum atomic E-state index is 11.9. The molecule has 0 aliphatic carbocycles. The first-order valence-corrected chi connectivity index (χ1v) is 4.63. The molecular formula is C9H14F2N2. The van der Waals surface area contributed by atoms with Gasteiger partial charge in [0.15, 0.2) is 0 Å². The van der Waals surface area contributed by atoms with E-state index in [4.69, 9.17) is 5.26 Å². The molecule has 1 unspecified atom stereocenters. The molecule has 0 N–H and O–H groups in total. The van der Waals surface area contributed by atoms with E-state index in [-0.39, 0.29) is 12.5 Å². The summed E-state index contributed by atoms with van der Waals surface area (Å²) in [6.45, 7) is 1.31. The van der Waals surface area contributed by atoms with Crippen LogP contribution in [0.3, 0.4) is 0 Å². The van der Waals surface area contributed by atoms with Gasteiger partial charge in [0.1, 0.15) is 0 Å². The van der Waals surface area contributed by atoms with Crippen molar-refractivity contribution in [3.63, 3.8) is 0 Å². The second kappa shape index (κ2) is 5.13. The summed E-state index contributed by atoms with van der Waals surface area (Å²) in [7, 11) is 0. The van der Waals surface area contributed by atoms with Crippen molar-refractivity contribution in [2.75, 3.05) is 13.1 Å². The molecule has 74 valence electrons. The summed E-state index contributed by atoms with van der Waals surface area (Å²) < 4.78 is 23.8. The number of hydrogen-bond acceptors (Lipinski definition) is 2.